The largest absolute Gasteiger partial charge is 0.411 e. The summed E-state index contributed by atoms with van der Waals surface area (Å²) in [6, 6.07) is 0. The molecule has 2 rings (SSSR count). The van der Waals surface area contributed by atoms with Crippen LogP contribution in [0.3, 0.4) is 0 Å². The van der Waals surface area contributed by atoms with E-state index < -0.39 is 17.6 Å². The van der Waals surface area contributed by atoms with Crippen molar-refractivity contribution in [1.29, 1.82) is 0 Å². The van der Waals surface area contributed by atoms with E-state index in [2.05, 4.69) is 20.6 Å². The van der Waals surface area contributed by atoms with Gasteiger partial charge in [-0.3, -0.25) is 4.79 Å². The van der Waals surface area contributed by atoms with Crippen molar-refractivity contribution < 1.29 is 18.0 Å². The Balaban J connectivity index is 2.28. The van der Waals surface area contributed by atoms with Gasteiger partial charge in [0.1, 0.15) is 11.4 Å². The Labute approximate surface area is 120 Å². The quantitative estimate of drug-likeness (QED) is 0.896. The highest BCUT2D eigenvalue weighted by molar-refractivity contribution is 5.98. The molecule has 0 unspecified atom stereocenters. The number of halogens is 3. The summed E-state index contributed by atoms with van der Waals surface area (Å²) in [5.41, 5.74) is -1.86. The molecule has 1 aliphatic carbocycles. The molecule has 8 heteroatoms. The minimum Gasteiger partial charge on any atom is -0.385 e. The van der Waals surface area contributed by atoms with E-state index in [1.54, 1.807) is 7.05 Å². The highest BCUT2D eigenvalue weighted by atomic mass is 19.4. The average Bonchev–Trinajstić information content (AvgIpc) is 3.18. The number of rotatable bonds is 4. The van der Waals surface area contributed by atoms with Gasteiger partial charge < -0.3 is 10.6 Å². The Morgan fingerprint density at radius 3 is 2.43 bits per heavy atom. The average molecular weight is 302 g/mol. The lowest BCUT2D eigenvalue weighted by Crippen LogP contribution is -2.48. The molecule has 1 fully saturated rings. The molecule has 0 bridgehead atoms. The van der Waals surface area contributed by atoms with Gasteiger partial charge in [0, 0.05) is 13.0 Å². The summed E-state index contributed by atoms with van der Waals surface area (Å²) in [4.78, 5) is 20.3. The van der Waals surface area contributed by atoms with Crippen LogP contribution in [-0.4, -0.2) is 34.6 Å². The third-order valence-electron chi connectivity index (χ3n) is 3.45. The van der Waals surface area contributed by atoms with Crippen molar-refractivity contribution in [3.63, 3.8) is 0 Å². The number of aromatic nitrogens is 2. The Bertz CT molecular complexity index is 553. The van der Waals surface area contributed by atoms with Crippen LogP contribution in [0.25, 0.3) is 0 Å². The zero-order valence-corrected chi connectivity index (χ0v) is 12.0. The number of carbonyl (C=O) groups is 1. The van der Waals surface area contributed by atoms with Gasteiger partial charge in [0.2, 0.25) is 0 Å². The predicted molar refractivity (Wildman–Crippen MR) is 71.2 cm³/mol. The molecule has 1 amide bonds. The fraction of sp³-hybridized carbons (Fsp3) is 0.615. The monoisotopic (exact) mass is 302 g/mol. The molecular weight excluding hydrogens is 285 g/mol. The van der Waals surface area contributed by atoms with Crippen molar-refractivity contribution in [2.45, 2.75) is 44.3 Å². The molecule has 0 spiro atoms. The van der Waals surface area contributed by atoms with Gasteiger partial charge in [-0.15, -0.1) is 0 Å². The Morgan fingerprint density at radius 1 is 1.38 bits per heavy atom. The first-order valence-electron chi connectivity index (χ1n) is 6.64. The molecular formula is C13H17F3N4O. The highest BCUT2D eigenvalue weighted by Gasteiger charge is 2.64. The maximum absolute atomic E-state index is 12.9. The third kappa shape index (κ3) is 2.93. The number of hydrogen-bond donors (Lipinski definition) is 2. The van der Waals surface area contributed by atoms with Crippen molar-refractivity contribution in [2.24, 2.45) is 0 Å². The molecule has 1 aromatic rings. The molecule has 0 radical (unpaired) electrons. The van der Waals surface area contributed by atoms with Gasteiger partial charge in [-0.1, -0.05) is 13.8 Å². The number of amides is 1. The predicted octanol–water partition coefficient (Wildman–Crippen LogP) is 2.47. The van der Waals surface area contributed by atoms with Gasteiger partial charge >= 0.3 is 6.18 Å². The zero-order chi connectivity index (χ0) is 15.8. The first-order chi connectivity index (χ1) is 9.70. The standard InChI is InChI=1S/C13H17F3N4O/c1-7(2)10-18-6-8(17-3)9(19-10)11(21)20-12(4-5-12)13(14,15)16/h6-7,17H,4-5H2,1-3H3,(H,20,21). The molecule has 1 heterocycles. The van der Waals surface area contributed by atoms with Crippen LogP contribution in [0.1, 0.15) is 48.9 Å². The molecule has 1 aliphatic rings. The van der Waals surface area contributed by atoms with Gasteiger partial charge in [-0.2, -0.15) is 13.2 Å². The summed E-state index contributed by atoms with van der Waals surface area (Å²) < 4.78 is 38.7. The van der Waals surface area contributed by atoms with E-state index in [-0.39, 0.29) is 24.5 Å². The van der Waals surface area contributed by atoms with Crippen LogP contribution in [0.15, 0.2) is 6.20 Å². The maximum Gasteiger partial charge on any atom is 0.411 e. The van der Waals surface area contributed by atoms with E-state index in [1.807, 2.05) is 13.8 Å². The summed E-state index contributed by atoms with van der Waals surface area (Å²) in [5.74, 6) is -0.450. The SMILES string of the molecule is CNc1cnc(C(C)C)nc1C(=O)NC1(C(F)(F)F)CC1. The van der Waals surface area contributed by atoms with Crippen LogP contribution < -0.4 is 10.6 Å². The Morgan fingerprint density at radius 2 is 2.00 bits per heavy atom. The minimum atomic E-state index is -4.45. The van der Waals surface area contributed by atoms with Crippen LogP contribution in [-0.2, 0) is 0 Å². The van der Waals surface area contributed by atoms with Crippen LogP contribution in [0.5, 0.6) is 0 Å². The van der Waals surface area contributed by atoms with Crippen molar-refractivity contribution in [3.05, 3.63) is 17.7 Å². The lowest BCUT2D eigenvalue weighted by Gasteiger charge is -2.21. The van der Waals surface area contributed by atoms with E-state index >= 15 is 0 Å². The molecule has 21 heavy (non-hydrogen) atoms. The molecule has 0 atom stereocenters. The van der Waals surface area contributed by atoms with Crippen LogP contribution in [0.2, 0.25) is 0 Å². The fourth-order valence-electron chi connectivity index (χ4n) is 1.91. The normalized spacial score (nSPS) is 16.7. The molecule has 0 aromatic carbocycles. The number of anilines is 1. The summed E-state index contributed by atoms with van der Waals surface area (Å²) in [6.45, 7) is 3.68. The molecule has 1 saturated carbocycles. The van der Waals surface area contributed by atoms with Crippen LogP contribution >= 0.6 is 0 Å². The van der Waals surface area contributed by atoms with E-state index in [1.165, 1.54) is 6.20 Å². The summed E-state index contributed by atoms with van der Waals surface area (Å²) >= 11 is 0. The molecule has 0 saturated heterocycles. The Hall–Kier alpha value is -1.86. The second-order valence-corrected chi connectivity index (χ2v) is 5.43. The van der Waals surface area contributed by atoms with Crippen molar-refractivity contribution >= 4 is 11.6 Å². The summed E-state index contributed by atoms with van der Waals surface area (Å²) in [7, 11) is 1.56. The molecule has 1 aromatic heterocycles. The lowest BCUT2D eigenvalue weighted by molar-refractivity contribution is -0.163. The van der Waals surface area contributed by atoms with Gasteiger partial charge in [0.05, 0.1) is 11.9 Å². The molecule has 2 N–H and O–H groups in total. The lowest BCUT2D eigenvalue weighted by atomic mass is 10.2. The second-order valence-electron chi connectivity index (χ2n) is 5.43. The number of nitrogens with one attached hydrogen (secondary N) is 2. The smallest absolute Gasteiger partial charge is 0.385 e. The maximum atomic E-state index is 12.9. The van der Waals surface area contributed by atoms with Gasteiger partial charge in [-0.25, -0.2) is 9.97 Å². The topological polar surface area (TPSA) is 66.9 Å². The van der Waals surface area contributed by atoms with E-state index in [0.29, 0.717) is 11.5 Å². The Kier molecular flexibility index (Phi) is 3.81. The van der Waals surface area contributed by atoms with Crippen LogP contribution in [0.4, 0.5) is 18.9 Å². The molecule has 5 nitrogen and oxygen atoms in total. The second kappa shape index (κ2) is 5.16. The van der Waals surface area contributed by atoms with Crippen LogP contribution in [0, 0.1) is 0 Å². The summed E-state index contributed by atoms with van der Waals surface area (Å²) in [6.07, 6.45) is -3.24. The van der Waals surface area contributed by atoms with E-state index in [4.69, 9.17) is 0 Å². The number of carbonyl (C=O) groups excluding carboxylic acids is 1. The highest BCUT2D eigenvalue weighted by Crippen LogP contribution is 2.49. The fourth-order valence-corrected chi connectivity index (χ4v) is 1.91. The summed E-state index contributed by atoms with van der Waals surface area (Å²) in [5, 5.41) is 4.79. The number of alkyl halides is 3. The number of hydrogen-bond acceptors (Lipinski definition) is 4. The van der Waals surface area contributed by atoms with Crippen molar-refractivity contribution in [3.8, 4) is 0 Å². The van der Waals surface area contributed by atoms with E-state index in [0.717, 1.165) is 0 Å². The zero-order valence-electron chi connectivity index (χ0n) is 12.0. The molecule has 116 valence electrons. The minimum absolute atomic E-state index is 0.0278. The molecule has 0 aliphatic heterocycles. The van der Waals surface area contributed by atoms with Gasteiger partial charge in [0.25, 0.3) is 5.91 Å². The first-order valence-corrected chi connectivity index (χ1v) is 6.64. The van der Waals surface area contributed by atoms with Crippen molar-refractivity contribution in [2.75, 3.05) is 12.4 Å². The third-order valence-corrected chi connectivity index (χ3v) is 3.45. The van der Waals surface area contributed by atoms with Gasteiger partial charge in [-0.05, 0) is 12.8 Å². The van der Waals surface area contributed by atoms with E-state index in [9.17, 15) is 18.0 Å². The van der Waals surface area contributed by atoms with Gasteiger partial charge in [0.15, 0.2) is 5.69 Å². The van der Waals surface area contributed by atoms with Crippen molar-refractivity contribution in [1.82, 2.24) is 15.3 Å². The number of nitrogens with zero attached hydrogens (tertiary/aromatic N) is 2. The first kappa shape index (κ1) is 15.5.